The Balaban J connectivity index is 2.35. The van der Waals surface area contributed by atoms with Gasteiger partial charge in [-0.25, -0.2) is 0 Å². The first-order valence-electron chi connectivity index (χ1n) is 2.63. The molecule has 0 aliphatic carbocycles. The molecule has 3 nitrogen and oxygen atoms in total. The molecule has 5 heteroatoms. The number of amidine groups is 1. The number of aromatic nitrogens is 1. The lowest BCUT2D eigenvalue weighted by Crippen LogP contribution is -2.03. The third-order valence-corrected chi connectivity index (χ3v) is 2.58. The molecule has 0 atom stereocenters. The van der Waals surface area contributed by atoms with Crippen LogP contribution in [0.15, 0.2) is 11.7 Å². The van der Waals surface area contributed by atoms with Crippen molar-refractivity contribution in [2.75, 3.05) is 0 Å². The Labute approximate surface area is 67.2 Å². The number of thiazole rings is 1. The van der Waals surface area contributed by atoms with E-state index in [1.807, 2.05) is 0 Å². The van der Waals surface area contributed by atoms with Crippen molar-refractivity contribution in [1.29, 1.82) is 5.41 Å². The normalized spacial score (nSPS) is 9.60. The van der Waals surface area contributed by atoms with E-state index in [0.717, 1.165) is 10.6 Å². The highest BCUT2D eigenvalue weighted by Gasteiger charge is 1.95. The van der Waals surface area contributed by atoms with Crippen LogP contribution in [0.4, 0.5) is 0 Å². The predicted molar refractivity (Wildman–Crippen MR) is 45.3 cm³/mol. The van der Waals surface area contributed by atoms with Gasteiger partial charge in [-0.1, -0.05) is 11.8 Å². The Morgan fingerprint density at radius 2 is 2.70 bits per heavy atom. The third-order valence-electron chi connectivity index (χ3n) is 0.853. The molecule has 0 saturated carbocycles. The summed E-state index contributed by atoms with van der Waals surface area (Å²) in [6.45, 7) is 0. The fraction of sp³-hybridized carbons (Fsp3) is 0.200. The summed E-state index contributed by atoms with van der Waals surface area (Å²) in [7, 11) is 0. The Kier molecular flexibility index (Phi) is 2.70. The van der Waals surface area contributed by atoms with Crippen LogP contribution in [-0.2, 0) is 5.75 Å². The third kappa shape index (κ3) is 2.36. The van der Waals surface area contributed by atoms with Gasteiger partial charge in [0.25, 0.3) is 0 Å². The van der Waals surface area contributed by atoms with Crippen LogP contribution in [0.2, 0.25) is 0 Å². The number of nitrogens with zero attached hydrogens (tertiary/aromatic N) is 1. The van der Waals surface area contributed by atoms with Crippen molar-refractivity contribution in [1.82, 2.24) is 4.98 Å². The minimum absolute atomic E-state index is 0.161. The standard InChI is InChI=1S/C5H7N3S2/c6-5(7)9-2-4-1-8-3-10-4/h1,3H,2H2,(H3,6,7). The maximum Gasteiger partial charge on any atom is 0.151 e. The molecule has 0 bridgehead atoms. The van der Waals surface area contributed by atoms with E-state index in [0.29, 0.717) is 0 Å². The van der Waals surface area contributed by atoms with E-state index in [9.17, 15) is 0 Å². The van der Waals surface area contributed by atoms with Crippen molar-refractivity contribution in [3.8, 4) is 0 Å². The second kappa shape index (κ2) is 3.58. The van der Waals surface area contributed by atoms with Crippen molar-refractivity contribution in [3.05, 3.63) is 16.6 Å². The number of hydrogen-bond donors (Lipinski definition) is 2. The van der Waals surface area contributed by atoms with Gasteiger partial charge in [-0.05, 0) is 0 Å². The van der Waals surface area contributed by atoms with Gasteiger partial charge in [0.2, 0.25) is 0 Å². The van der Waals surface area contributed by atoms with Gasteiger partial charge in [-0.3, -0.25) is 10.4 Å². The number of nitrogens with two attached hydrogens (primary N) is 1. The monoisotopic (exact) mass is 173 g/mol. The average Bonchev–Trinajstić information content (AvgIpc) is 2.34. The van der Waals surface area contributed by atoms with Crippen LogP contribution >= 0.6 is 23.1 Å². The van der Waals surface area contributed by atoms with Gasteiger partial charge < -0.3 is 5.73 Å². The topological polar surface area (TPSA) is 62.8 Å². The highest BCUT2D eigenvalue weighted by molar-refractivity contribution is 8.13. The predicted octanol–water partition coefficient (Wildman–Crippen LogP) is 1.27. The zero-order valence-electron chi connectivity index (χ0n) is 5.20. The average molecular weight is 173 g/mol. The summed E-state index contributed by atoms with van der Waals surface area (Å²) in [5.41, 5.74) is 6.91. The molecule has 0 aliphatic rings. The number of nitrogens with one attached hydrogen (secondary N) is 1. The van der Waals surface area contributed by atoms with Crippen molar-refractivity contribution in [2.24, 2.45) is 5.73 Å². The molecule has 1 aromatic heterocycles. The number of thioether (sulfide) groups is 1. The maximum atomic E-state index is 6.92. The molecule has 0 amide bonds. The lowest BCUT2D eigenvalue weighted by Gasteiger charge is -1.92. The molecule has 0 spiro atoms. The summed E-state index contributed by atoms with van der Waals surface area (Å²) in [5.74, 6) is 0.764. The molecular weight excluding hydrogens is 166 g/mol. The lowest BCUT2D eigenvalue weighted by atomic mass is 10.6. The van der Waals surface area contributed by atoms with Crippen molar-refractivity contribution < 1.29 is 0 Å². The molecular formula is C5H7N3S2. The van der Waals surface area contributed by atoms with Crippen LogP contribution in [0.1, 0.15) is 4.88 Å². The second-order valence-electron chi connectivity index (χ2n) is 1.62. The molecule has 0 unspecified atom stereocenters. The summed E-state index contributed by atoms with van der Waals surface area (Å²) in [5, 5.41) is 7.08. The maximum absolute atomic E-state index is 6.92. The SMILES string of the molecule is N=C(N)SCc1cncs1. The summed E-state index contributed by atoms with van der Waals surface area (Å²) >= 11 is 2.90. The molecule has 0 fully saturated rings. The van der Waals surface area contributed by atoms with Crippen molar-refractivity contribution in [3.63, 3.8) is 0 Å². The highest BCUT2D eigenvalue weighted by Crippen LogP contribution is 2.14. The number of hydrogen-bond acceptors (Lipinski definition) is 4. The first-order chi connectivity index (χ1) is 4.79. The summed E-state index contributed by atoms with van der Waals surface area (Å²) in [4.78, 5) is 5.05. The Morgan fingerprint density at radius 1 is 1.90 bits per heavy atom. The summed E-state index contributed by atoms with van der Waals surface area (Å²) < 4.78 is 0. The van der Waals surface area contributed by atoms with E-state index in [4.69, 9.17) is 11.1 Å². The van der Waals surface area contributed by atoms with Gasteiger partial charge in [0, 0.05) is 16.8 Å². The van der Waals surface area contributed by atoms with Crippen LogP contribution < -0.4 is 5.73 Å². The first-order valence-corrected chi connectivity index (χ1v) is 4.50. The minimum Gasteiger partial charge on any atom is -0.379 e. The highest BCUT2D eigenvalue weighted by atomic mass is 32.2. The quantitative estimate of drug-likeness (QED) is 0.523. The molecule has 1 heterocycles. The van der Waals surface area contributed by atoms with E-state index in [1.165, 1.54) is 11.8 Å². The molecule has 1 aromatic rings. The molecule has 10 heavy (non-hydrogen) atoms. The van der Waals surface area contributed by atoms with Gasteiger partial charge in [0.15, 0.2) is 5.17 Å². The molecule has 1 rings (SSSR count). The van der Waals surface area contributed by atoms with Gasteiger partial charge in [-0.2, -0.15) is 0 Å². The van der Waals surface area contributed by atoms with E-state index >= 15 is 0 Å². The first kappa shape index (κ1) is 7.56. The second-order valence-corrected chi connectivity index (χ2v) is 3.61. The minimum atomic E-state index is 0.161. The Bertz CT molecular complexity index is 207. The molecule has 0 radical (unpaired) electrons. The molecule has 54 valence electrons. The van der Waals surface area contributed by atoms with Crippen LogP contribution in [0.3, 0.4) is 0 Å². The fourth-order valence-electron chi connectivity index (χ4n) is 0.462. The molecule has 0 aliphatic heterocycles. The van der Waals surface area contributed by atoms with Crippen LogP contribution in [-0.4, -0.2) is 10.2 Å². The van der Waals surface area contributed by atoms with Crippen molar-refractivity contribution in [2.45, 2.75) is 5.75 Å². The van der Waals surface area contributed by atoms with Gasteiger partial charge in [-0.15, -0.1) is 11.3 Å². The van der Waals surface area contributed by atoms with Crippen molar-refractivity contribution >= 4 is 28.3 Å². The van der Waals surface area contributed by atoms with Gasteiger partial charge in [0.05, 0.1) is 5.51 Å². The fourth-order valence-corrected chi connectivity index (χ4v) is 1.66. The van der Waals surface area contributed by atoms with Crippen LogP contribution in [0, 0.1) is 5.41 Å². The zero-order chi connectivity index (χ0) is 7.40. The zero-order valence-corrected chi connectivity index (χ0v) is 6.84. The van der Waals surface area contributed by atoms with Gasteiger partial charge >= 0.3 is 0 Å². The number of rotatable bonds is 2. The van der Waals surface area contributed by atoms with E-state index in [2.05, 4.69) is 4.98 Å². The van der Waals surface area contributed by atoms with E-state index in [1.54, 1.807) is 23.0 Å². The largest absolute Gasteiger partial charge is 0.379 e. The molecule has 0 saturated heterocycles. The Hall–Kier alpha value is -0.550. The van der Waals surface area contributed by atoms with Crippen LogP contribution in [0.25, 0.3) is 0 Å². The summed E-state index contributed by atoms with van der Waals surface area (Å²) in [6.07, 6.45) is 1.79. The summed E-state index contributed by atoms with van der Waals surface area (Å²) in [6, 6.07) is 0. The van der Waals surface area contributed by atoms with Gasteiger partial charge in [0.1, 0.15) is 0 Å². The van der Waals surface area contributed by atoms with E-state index < -0.39 is 0 Å². The Morgan fingerprint density at radius 3 is 3.20 bits per heavy atom. The smallest absolute Gasteiger partial charge is 0.151 e. The van der Waals surface area contributed by atoms with Crippen LogP contribution in [0.5, 0.6) is 0 Å². The lowest BCUT2D eigenvalue weighted by molar-refractivity contribution is 1.37. The molecule has 3 N–H and O–H groups in total. The van der Waals surface area contributed by atoms with E-state index in [-0.39, 0.29) is 5.17 Å². The molecule has 0 aromatic carbocycles.